The number of anilines is 1. The normalized spacial score (nSPS) is 15.0. The van der Waals surface area contributed by atoms with E-state index < -0.39 is 0 Å². The Morgan fingerprint density at radius 1 is 1.45 bits per heavy atom. The van der Waals surface area contributed by atoms with Gasteiger partial charge in [-0.2, -0.15) is 0 Å². The quantitative estimate of drug-likeness (QED) is 0.868. The van der Waals surface area contributed by atoms with Crippen molar-refractivity contribution in [2.45, 2.75) is 13.8 Å². The predicted octanol–water partition coefficient (Wildman–Crippen LogP) is 2.10. The number of rotatable bonds is 3. The third kappa shape index (κ3) is 3.49. The number of aryl methyl sites for hydroxylation is 1. The van der Waals surface area contributed by atoms with E-state index in [1.807, 2.05) is 6.92 Å². The van der Waals surface area contributed by atoms with Crippen molar-refractivity contribution < 1.29 is 19.1 Å². The lowest BCUT2D eigenvalue weighted by Crippen LogP contribution is -2.42. The molecule has 0 aliphatic carbocycles. The van der Waals surface area contributed by atoms with Gasteiger partial charge in [0, 0.05) is 13.1 Å². The van der Waals surface area contributed by atoms with E-state index in [0.717, 1.165) is 5.56 Å². The van der Waals surface area contributed by atoms with E-state index in [1.165, 1.54) is 11.3 Å². The van der Waals surface area contributed by atoms with Crippen LogP contribution in [0.3, 0.4) is 0 Å². The van der Waals surface area contributed by atoms with E-state index in [1.54, 1.807) is 17.9 Å². The molecular formula is C13H18N2O4S. The molecule has 0 bridgehead atoms. The van der Waals surface area contributed by atoms with Crippen LogP contribution in [-0.4, -0.2) is 49.8 Å². The molecule has 20 heavy (non-hydrogen) atoms. The molecule has 2 amide bonds. The number of ether oxygens (including phenoxy) is 2. The van der Waals surface area contributed by atoms with Gasteiger partial charge in [-0.3, -0.25) is 5.32 Å². The minimum absolute atomic E-state index is 0.162. The third-order valence-electron chi connectivity index (χ3n) is 2.91. The van der Waals surface area contributed by atoms with Crippen LogP contribution in [0.2, 0.25) is 0 Å². The van der Waals surface area contributed by atoms with E-state index in [9.17, 15) is 9.59 Å². The Balaban J connectivity index is 2.01. The first kappa shape index (κ1) is 14.8. The lowest BCUT2D eigenvalue weighted by Gasteiger charge is -2.26. The fourth-order valence-electron chi connectivity index (χ4n) is 1.89. The lowest BCUT2D eigenvalue weighted by atomic mass is 10.3. The average Bonchev–Trinajstić information content (AvgIpc) is 2.81. The molecule has 1 aromatic heterocycles. The smallest absolute Gasteiger partial charge is 0.348 e. The SMILES string of the molecule is CCOC(=O)c1sc(NC(=O)N2CCOCC2)cc1C. The second-order valence-corrected chi connectivity index (χ2v) is 5.43. The summed E-state index contributed by atoms with van der Waals surface area (Å²) >= 11 is 1.24. The number of hydrogen-bond acceptors (Lipinski definition) is 5. The van der Waals surface area contributed by atoms with Crippen LogP contribution in [0.1, 0.15) is 22.2 Å². The zero-order chi connectivity index (χ0) is 14.5. The molecule has 1 aromatic rings. The van der Waals surface area contributed by atoms with Gasteiger partial charge in [0.2, 0.25) is 0 Å². The molecule has 0 aromatic carbocycles. The molecule has 0 unspecified atom stereocenters. The molecule has 0 spiro atoms. The number of nitrogens with one attached hydrogen (secondary N) is 1. The van der Waals surface area contributed by atoms with Crippen molar-refractivity contribution >= 4 is 28.3 Å². The van der Waals surface area contributed by atoms with Gasteiger partial charge in [-0.05, 0) is 25.5 Å². The van der Waals surface area contributed by atoms with E-state index in [0.29, 0.717) is 42.8 Å². The molecule has 1 N–H and O–H groups in total. The molecule has 0 saturated carbocycles. The van der Waals surface area contributed by atoms with E-state index in [-0.39, 0.29) is 12.0 Å². The van der Waals surface area contributed by atoms with Crippen LogP contribution in [0.25, 0.3) is 0 Å². The van der Waals surface area contributed by atoms with Crippen molar-refractivity contribution in [3.05, 3.63) is 16.5 Å². The first-order valence-corrected chi connectivity index (χ1v) is 7.34. The summed E-state index contributed by atoms with van der Waals surface area (Å²) in [5.41, 5.74) is 0.811. The Morgan fingerprint density at radius 2 is 2.15 bits per heavy atom. The van der Waals surface area contributed by atoms with Crippen LogP contribution in [0.15, 0.2) is 6.07 Å². The topological polar surface area (TPSA) is 67.9 Å². The van der Waals surface area contributed by atoms with Crippen molar-refractivity contribution in [3.63, 3.8) is 0 Å². The summed E-state index contributed by atoms with van der Waals surface area (Å²) in [6, 6.07) is 1.62. The summed E-state index contributed by atoms with van der Waals surface area (Å²) in [5, 5.41) is 3.47. The maximum Gasteiger partial charge on any atom is 0.348 e. The zero-order valence-electron chi connectivity index (χ0n) is 11.6. The lowest BCUT2D eigenvalue weighted by molar-refractivity contribution is 0.0531. The van der Waals surface area contributed by atoms with Gasteiger partial charge >= 0.3 is 12.0 Å². The number of carbonyl (C=O) groups is 2. The van der Waals surface area contributed by atoms with Gasteiger partial charge in [-0.25, -0.2) is 9.59 Å². The van der Waals surface area contributed by atoms with Gasteiger partial charge in [0.1, 0.15) is 4.88 Å². The van der Waals surface area contributed by atoms with Crippen molar-refractivity contribution in [2.75, 3.05) is 38.2 Å². The van der Waals surface area contributed by atoms with Crippen LogP contribution >= 0.6 is 11.3 Å². The number of esters is 1. The monoisotopic (exact) mass is 298 g/mol. The number of morpholine rings is 1. The van der Waals surface area contributed by atoms with Crippen molar-refractivity contribution in [1.82, 2.24) is 4.90 Å². The predicted molar refractivity (Wildman–Crippen MR) is 76.4 cm³/mol. The van der Waals surface area contributed by atoms with E-state index in [4.69, 9.17) is 9.47 Å². The molecule has 1 saturated heterocycles. The highest BCUT2D eigenvalue weighted by Crippen LogP contribution is 2.27. The van der Waals surface area contributed by atoms with Crippen LogP contribution in [0.4, 0.5) is 9.80 Å². The molecule has 7 heteroatoms. The van der Waals surface area contributed by atoms with Crippen molar-refractivity contribution in [1.29, 1.82) is 0 Å². The van der Waals surface area contributed by atoms with Gasteiger partial charge in [-0.15, -0.1) is 11.3 Å². The number of nitrogens with zero attached hydrogens (tertiary/aromatic N) is 1. The Kier molecular flexibility index (Phi) is 4.97. The molecule has 1 aliphatic rings. The maximum atomic E-state index is 12.0. The van der Waals surface area contributed by atoms with Crippen LogP contribution in [-0.2, 0) is 9.47 Å². The Labute approximate surface area is 121 Å². The summed E-state index contributed by atoms with van der Waals surface area (Å²) in [5.74, 6) is -0.345. The zero-order valence-corrected chi connectivity index (χ0v) is 12.4. The molecule has 2 heterocycles. The van der Waals surface area contributed by atoms with Gasteiger partial charge in [0.15, 0.2) is 0 Å². The molecule has 1 aliphatic heterocycles. The highest BCUT2D eigenvalue weighted by atomic mass is 32.1. The van der Waals surface area contributed by atoms with E-state index in [2.05, 4.69) is 5.32 Å². The first-order chi connectivity index (χ1) is 9.61. The maximum absolute atomic E-state index is 12.0. The highest BCUT2D eigenvalue weighted by Gasteiger charge is 2.19. The molecule has 2 rings (SSSR count). The molecule has 0 radical (unpaired) electrons. The molecule has 6 nitrogen and oxygen atoms in total. The highest BCUT2D eigenvalue weighted by molar-refractivity contribution is 7.18. The Bertz CT molecular complexity index is 495. The summed E-state index contributed by atoms with van der Waals surface area (Å²) in [4.78, 5) is 26.0. The number of urea groups is 1. The standard InChI is InChI=1S/C13H18N2O4S/c1-3-19-12(16)11-9(2)8-10(20-11)14-13(17)15-4-6-18-7-5-15/h8H,3-7H2,1-2H3,(H,14,17). The molecule has 0 atom stereocenters. The van der Waals surface area contributed by atoms with E-state index >= 15 is 0 Å². The largest absolute Gasteiger partial charge is 0.462 e. The summed E-state index contributed by atoms with van der Waals surface area (Å²) in [7, 11) is 0. The van der Waals surface area contributed by atoms with Crippen molar-refractivity contribution in [2.24, 2.45) is 0 Å². The third-order valence-corrected chi connectivity index (χ3v) is 4.04. The second-order valence-electron chi connectivity index (χ2n) is 4.37. The molecule has 110 valence electrons. The van der Waals surface area contributed by atoms with Crippen LogP contribution < -0.4 is 5.32 Å². The van der Waals surface area contributed by atoms with Gasteiger partial charge in [-0.1, -0.05) is 0 Å². The fourth-order valence-corrected chi connectivity index (χ4v) is 2.85. The minimum Gasteiger partial charge on any atom is -0.462 e. The number of amides is 2. The first-order valence-electron chi connectivity index (χ1n) is 6.53. The summed E-state index contributed by atoms with van der Waals surface area (Å²) in [6.45, 7) is 6.22. The molecular weight excluding hydrogens is 280 g/mol. The molecule has 1 fully saturated rings. The summed E-state index contributed by atoms with van der Waals surface area (Å²) in [6.07, 6.45) is 0. The summed E-state index contributed by atoms with van der Waals surface area (Å²) < 4.78 is 10.2. The minimum atomic E-state index is -0.345. The van der Waals surface area contributed by atoms with Gasteiger partial charge in [0.05, 0.1) is 24.8 Å². The Hall–Kier alpha value is -1.60. The average molecular weight is 298 g/mol. The number of carbonyl (C=O) groups excluding carboxylic acids is 2. The second kappa shape index (κ2) is 6.71. The van der Waals surface area contributed by atoms with Crippen LogP contribution in [0.5, 0.6) is 0 Å². The number of hydrogen-bond donors (Lipinski definition) is 1. The fraction of sp³-hybridized carbons (Fsp3) is 0.538. The van der Waals surface area contributed by atoms with Crippen molar-refractivity contribution in [3.8, 4) is 0 Å². The van der Waals surface area contributed by atoms with Crippen LogP contribution in [0, 0.1) is 6.92 Å². The van der Waals surface area contributed by atoms with Gasteiger partial charge < -0.3 is 14.4 Å². The number of thiophene rings is 1. The van der Waals surface area contributed by atoms with Gasteiger partial charge in [0.25, 0.3) is 0 Å². The Morgan fingerprint density at radius 3 is 2.80 bits per heavy atom.